The highest BCUT2D eigenvalue weighted by Crippen LogP contribution is 2.36. The fraction of sp³-hybridized carbons (Fsp3) is 0.405. The lowest BCUT2D eigenvalue weighted by atomic mass is 9.97. The predicted octanol–water partition coefficient (Wildman–Crippen LogP) is 5.05. The Morgan fingerprint density at radius 2 is 1.37 bits per heavy atom. The number of amides is 4. The highest BCUT2D eigenvalue weighted by Gasteiger charge is 2.45. The monoisotopic (exact) mass is 806 g/mol. The van der Waals surface area contributed by atoms with Gasteiger partial charge in [-0.05, 0) is 61.8 Å². The Labute approximate surface area is 341 Å². The van der Waals surface area contributed by atoms with Gasteiger partial charge in [-0.25, -0.2) is 24.5 Å². The van der Waals surface area contributed by atoms with Crippen molar-refractivity contribution in [3.8, 4) is 33.6 Å². The van der Waals surface area contributed by atoms with Crippen LogP contribution in [0.2, 0.25) is 0 Å². The van der Waals surface area contributed by atoms with E-state index in [1.807, 2.05) is 43.4 Å². The molecule has 2 aliphatic heterocycles. The topological polar surface area (TPSA) is 216 Å². The van der Waals surface area contributed by atoms with Crippen LogP contribution in [0, 0.1) is 0 Å². The molecule has 5 heterocycles. The Hall–Kier alpha value is -6.49. The molecule has 1 unspecified atom stereocenters. The van der Waals surface area contributed by atoms with Crippen molar-refractivity contribution >= 4 is 24.0 Å². The van der Waals surface area contributed by atoms with Crippen LogP contribution in [0.3, 0.4) is 0 Å². The molecule has 0 bridgehead atoms. The van der Waals surface area contributed by atoms with Crippen LogP contribution in [0.4, 0.5) is 9.59 Å². The van der Waals surface area contributed by atoms with E-state index in [2.05, 4.69) is 42.4 Å². The Balaban J connectivity index is 1.01. The van der Waals surface area contributed by atoms with Crippen LogP contribution in [0.25, 0.3) is 33.6 Å². The average molecular weight is 807 g/mol. The molecule has 7 rings (SSSR count). The summed E-state index contributed by atoms with van der Waals surface area (Å²) in [6.45, 7) is 4.33. The first kappa shape index (κ1) is 40.7. The van der Waals surface area contributed by atoms with Crippen LogP contribution < -0.4 is 11.1 Å². The second-order valence-electron chi connectivity index (χ2n) is 15.3. The van der Waals surface area contributed by atoms with Gasteiger partial charge in [0.05, 0.1) is 61.1 Å². The molecule has 310 valence electrons. The van der Waals surface area contributed by atoms with Crippen LogP contribution in [-0.4, -0.2) is 108 Å². The number of aromatic amines is 2. The maximum absolute atomic E-state index is 14.0. The fourth-order valence-electron chi connectivity index (χ4n) is 8.06. The van der Waals surface area contributed by atoms with E-state index in [0.29, 0.717) is 36.9 Å². The summed E-state index contributed by atoms with van der Waals surface area (Å²) >= 11 is 0. The highest BCUT2D eigenvalue weighted by atomic mass is 16.6. The number of carbonyl (C=O) groups is 4. The molecular formula is C42H50N10O7. The van der Waals surface area contributed by atoms with Gasteiger partial charge in [0, 0.05) is 39.9 Å². The highest BCUT2D eigenvalue weighted by molar-refractivity contribution is 5.88. The molecule has 2 aromatic carbocycles. The van der Waals surface area contributed by atoms with Gasteiger partial charge in [0.25, 0.3) is 5.91 Å². The molecule has 59 heavy (non-hydrogen) atoms. The Bertz CT molecular complexity index is 2280. The van der Waals surface area contributed by atoms with Gasteiger partial charge < -0.3 is 49.6 Å². The molecule has 0 spiro atoms. The number of carbonyl (C=O) groups excluding carboxylic acids is 4. The lowest BCUT2D eigenvalue weighted by Gasteiger charge is -2.33. The van der Waals surface area contributed by atoms with E-state index in [1.165, 1.54) is 14.2 Å². The lowest BCUT2D eigenvalue weighted by molar-refractivity contribution is -0.150. The van der Waals surface area contributed by atoms with Crippen molar-refractivity contribution in [2.45, 2.75) is 75.8 Å². The van der Waals surface area contributed by atoms with Crippen LogP contribution in [-0.2, 0) is 37.3 Å². The first-order chi connectivity index (χ1) is 28.4. The largest absolute Gasteiger partial charge is 0.453 e. The molecule has 3 aromatic heterocycles. The minimum absolute atomic E-state index is 0.0831. The van der Waals surface area contributed by atoms with Gasteiger partial charge in [0.15, 0.2) is 5.60 Å². The molecule has 0 radical (unpaired) electrons. The van der Waals surface area contributed by atoms with Gasteiger partial charge in [-0.2, -0.15) is 0 Å². The van der Waals surface area contributed by atoms with Gasteiger partial charge in [-0.1, -0.05) is 48.5 Å². The molecule has 4 amide bonds. The van der Waals surface area contributed by atoms with E-state index in [1.54, 1.807) is 53.1 Å². The van der Waals surface area contributed by atoms with Crippen molar-refractivity contribution < 1.29 is 33.4 Å². The summed E-state index contributed by atoms with van der Waals surface area (Å²) < 4.78 is 17.4. The quantitative estimate of drug-likeness (QED) is 0.124. The number of hydrogen-bond acceptors (Lipinski definition) is 10. The minimum Gasteiger partial charge on any atom is -0.453 e. The average Bonchev–Trinajstić information content (AvgIpc) is 4.09. The standard InChI is InChI=1S/C42H50N10O7/c1-25(57-4)35(49-41(56)58-5)38(53)51-18-6-8-33(51)36-44-21-31(47-36)28-14-10-26(11-15-28)27-12-16-29(17-13-27)32-22-45-37(48-32)34-9-7-19-52(34)39(54)42(2,59-40(43)55)20-30-23-50(3)24-46-30/h10-17,21-25,33-35H,6-9,18-20H2,1-5H3,(H2,43,55)(H,44,47)(H,45,48)(H,49,56)/t25-,33?,34+,35+,42+/m1/s1. The second kappa shape index (κ2) is 17.2. The van der Waals surface area contributed by atoms with E-state index >= 15 is 0 Å². The molecule has 0 saturated carbocycles. The smallest absolute Gasteiger partial charge is 0.407 e. The lowest BCUT2D eigenvalue weighted by Crippen LogP contribution is -2.54. The van der Waals surface area contributed by atoms with Crippen molar-refractivity contribution in [2.75, 3.05) is 27.3 Å². The molecule has 5 aromatic rings. The molecular weight excluding hydrogens is 757 g/mol. The van der Waals surface area contributed by atoms with Crippen molar-refractivity contribution in [1.82, 2.24) is 44.6 Å². The third kappa shape index (κ3) is 8.69. The normalized spacial score (nSPS) is 18.6. The minimum atomic E-state index is -1.53. The number of ether oxygens (including phenoxy) is 3. The number of nitrogens with zero attached hydrogens (tertiary/aromatic N) is 6. The Morgan fingerprint density at radius 1 is 0.847 bits per heavy atom. The number of aryl methyl sites for hydroxylation is 1. The number of hydrogen-bond donors (Lipinski definition) is 4. The summed E-state index contributed by atoms with van der Waals surface area (Å²) in [6.07, 6.45) is 7.75. The van der Waals surface area contributed by atoms with Crippen molar-refractivity contribution in [3.63, 3.8) is 0 Å². The van der Waals surface area contributed by atoms with Crippen molar-refractivity contribution in [1.29, 1.82) is 0 Å². The number of alkyl carbamates (subject to hydrolysis) is 1. The number of rotatable bonds is 13. The van der Waals surface area contributed by atoms with Gasteiger partial charge in [-0.15, -0.1) is 0 Å². The number of imidazole rings is 3. The van der Waals surface area contributed by atoms with Crippen LogP contribution >= 0.6 is 0 Å². The maximum atomic E-state index is 14.0. The first-order valence-electron chi connectivity index (χ1n) is 19.6. The number of likely N-dealkylation sites (tertiary alicyclic amines) is 2. The van der Waals surface area contributed by atoms with E-state index in [9.17, 15) is 19.2 Å². The van der Waals surface area contributed by atoms with Crippen LogP contribution in [0.5, 0.6) is 0 Å². The second-order valence-corrected chi connectivity index (χ2v) is 15.3. The molecule has 2 fully saturated rings. The summed E-state index contributed by atoms with van der Waals surface area (Å²) in [5.74, 6) is 0.725. The van der Waals surface area contributed by atoms with Crippen LogP contribution in [0.15, 0.2) is 73.4 Å². The number of nitrogens with two attached hydrogens (primary N) is 1. The van der Waals surface area contributed by atoms with E-state index in [-0.39, 0.29) is 30.3 Å². The van der Waals surface area contributed by atoms with E-state index < -0.39 is 29.9 Å². The van der Waals surface area contributed by atoms with Crippen LogP contribution in [0.1, 0.15) is 69.0 Å². The number of H-pyrrole nitrogens is 2. The van der Waals surface area contributed by atoms with Gasteiger partial charge in [0.1, 0.15) is 17.7 Å². The summed E-state index contributed by atoms with van der Waals surface area (Å²) in [5.41, 5.74) is 10.1. The third-order valence-electron chi connectivity index (χ3n) is 11.2. The first-order valence-corrected chi connectivity index (χ1v) is 19.6. The molecule has 5 atom stereocenters. The third-order valence-corrected chi connectivity index (χ3v) is 11.2. The molecule has 2 saturated heterocycles. The summed E-state index contributed by atoms with van der Waals surface area (Å²) in [6, 6.07) is 14.8. The molecule has 5 N–H and O–H groups in total. The van der Waals surface area contributed by atoms with Crippen molar-refractivity contribution in [2.24, 2.45) is 12.8 Å². The zero-order valence-electron chi connectivity index (χ0n) is 33.8. The van der Waals surface area contributed by atoms with Gasteiger partial charge >= 0.3 is 12.2 Å². The molecule has 17 heteroatoms. The van der Waals surface area contributed by atoms with E-state index in [4.69, 9.17) is 19.9 Å². The van der Waals surface area contributed by atoms with Gasteiger partial charge in [0.2, 0.25) is 5.91 Å². The summed E-state index contributed by atoms with van der Waals surface area (Å²) in [5, 5.41) is 2.62. The SMILES string of the molecule is COC(=O)N[C@H](C(=O)N1CCCC1c1ncc(-c2ccc(-c3ccc(-c4cnc([C@@H]5CCCN5C(=O)[C@](C)(Cc5cn(C)cn5)OC(N)=O)[nH]4)cc3)cc2)[nH]1)[C@@H](C)OC. The number of primary amides is 1. The predicted molar refractivity (Wildman–Crippen MR) is 216 cm³/mol. The van der Waals surface area contributed by atoms with Gasteiger partial charge in [-0.3, -0.25) is 9.59 Å². The number of nitrogens with one attached hydrogen (secondary N) is 3. The fourth-order valence-corrected chi connectivity index (χ4v) is 8.06. The zero-order valence-corrected chi connectivity index (χ0v) is 33.8. The number of aromatic nitrogens is 6. The van der Waals surface area contributed by atoms with E-state index in [0.717, 1.165) is 52.9 Å². The maximum Gasteiger partial charge on any atom is 0.407 e. The Kier molecular flexibility index (Phi) is 11.8. The number of methoxy groups -OCH3 is 2. The number of benzene rings is 2. The zero-order chi connectivity index (χ0) is 41.8. The molecule has 17 nitrogen and oxygen atoms in total. The summed E-state index contributed by atoms with van der Waals surface area (Å²) in [7, 11) is 4.58. The summed E-state index contributed by atoms with van der Waals surface area (Å²) in [4.78, 5) is 75.5. The van der Waals surface area contributed by atoms with Crippen molar-refractivity contribution in [3.05, 3.63) is 90.8 Å². The molecule has 2 aliphatic rings. The Morgan fingerprint density at radius 3 is 1.86 bits per heavy atom. The molecule has 0 aliphatic carbocycles.